The zero-order valence-electron chi connectivity index (χ0n) is 27.0. The largest absolute Gasteiger partial charge is 3.00 e. The summed E-state index contributed by atoms with van der Waals surface area (Å²) < 4.78 is 0. The SMILES string of the molecule is CCCc1cc(C)cc(CCC)c1N=C(C)c1cc(Cl)cc(C(C)=Nc2c(CCC)cc(C)cc2CCC)n1.[Cl-].[Cl-].[Cl-].[Nd+3]. The van der Waals surface area contributed by atoms with Crippen molar-refractivity contribution in [1.82, 2.24) is 4.98 Å². The molecule has 43 heavy (non-hydrogen) atoms. The molecule has 0 saturated heterocycles. The van der Waals surface area contributed by atoms with E-state index in [2.05, 4.69) is 65.8 Å². The van der Waals surface area contributed by atoms with Crippen molar-refractivity contribution in [3.63, 3.8) is 0 Å². The number of pyridine rings is 1. The third kappa shape index (κ3) is 12.6. The first-order valence-corrected chi connectivity index (χ1v) is 15.1. The normalized spacial score (nSPS) is 11.2. The van der Waals surface area contributed by atoms with E-state index in [0.29, 0.717) is 5.02 Å². The number of nitrogens with zero attached hydrogens (tertiary/aromatic N) is 3. The van der Waals surface area contributed by atoms with Gasteiger partial charge in [-0.2, -0.15) is 0 Å². The zero-order chi connectivity index (χ0) is 28.5. The first kappa shape index (κ1) is 44.6. The van der Waals surface area contributed by atoms with Gasteiger partial charge in [-0.25, -0.2) is 4.98 Å². The fourth-order valence-corrected chi connectivity index (χ4v) is 5.52. The number of halogens is 4. The molecule has 0 fully saturated rings. The van der Waals surface area contributed by atoms with E-state index in [1.165, 1.54) is 33.4 Å². The third-order valence-electron chi connectivity index (χ3n) is 6.99. The van der Waals surface area contributed by atoms with E-state index in [4.69, 9.17) is 26.6 Å². The van der Waals surface area contributed by atoms with Crippen molar-refractivity contribution in [3.8, 4) is 0 Å². The van der Waals surface area contributed by atoms with E-state index in [-0.39, 0.29) is 78.1 Å². The van der Waals surface area contributed by atoms with E-state index < -0.39 is 0 Å². The molecule has 0 bridgehead atoms. The van der Waals surface area contributed by atoms with Gasteiger partial charge in [-0.1, -0.05) is 100 Å². The number of aryl methyl sites for hydroxylation is 6. The van der Waals surface area contributed by atoms with E-state index >= 15 is 0 Å². The number of aromatic nitrogens is 1. The maximum absolute atomic E-state index is 6.66. The Bertz CT molecular complexity index is 1220. The molecule has 0 aliphatic rings. The molecule has 0 atom stereocenters. The Labute approximate surface area is 317 Å². The molecule has 1 aromatic heterocycles. The molecule has 3 rings (SSSR count). The van der Waals surface area contributed by atoms with Crippen LogP contribution in [0.5, 0.6) is 0 Å². The molecule has 3 nitrogen and oxygen atoms in total. The van der Waals surface area contributed by atoms with Crippen LogP contribution in [-0.4, -0.2) is 16.4 Å². The van der Waals surface area contributed by atoms with Crippen LogP contribution in [0.2, 0.25) is 5.02 Å². The van der Waals surface area contributed by atoms with Crippen LogP contribution in [0.4, 0.5) is 11.4 Å². The summed E-state index contributed by atoms with van der Waals surface area (Å²) in [7, 11) is 0. The predicted octanol–water partition coefficient (Wildman–Crippen LogP) is 1.46. The molecule has 0 aliphatic carbocycles. The van der Waals surface area contributed by atoms with Crippen LogP contribution in [0.1, 0.15) is 112 Å². The van der Waals surface area contributed by atoms with Crippen LogP contribution in [0.15, 0.2) is 46.4 Å². The fourth-order valence-electron chi connectivity index (χ4n) is 5.31. The van der Waals surface area contributed by atoms with E-state index in [0.717, 1.165) is 85.6 Å². The second-order valence-electron chi connectivity index (χ2n) is 10.8. The van der Waals surface area contributed by atoms with Gasteiger partial charge in [0.15, 0.2) is 0 Å². The first-order chi connectivity index (χ1) is 18.7. The molecular formula is C35H46Cl4N3Nd. The van der Waals surface area contributed by atoms with Crippen molar-refractivity contribution >= 4 is 34.4 Å². The Hall–Kier alpha value is -0.559. The maximum atomic E-state index is 6.66. The Morgan fingerprint density at radius 1 is 0.581 bits per heavy atom. The van der Waals surface area contributed by atoms with Gasteiger partial charge < -0.3 is 37.2 Å². The van der Waals surface area contributed by atoms with Crippen molar-refractivity contribution in [2.75, 3.05) is 0 Å². The summed E-state index contributed by atoms with van der Waals surface area (Å²) in [5.41, 5.74) is 13.4. The molecule has 3 aromatic rings. The van der Waals surface area contributed by atoms with Gasteiger partial charge in [0.05, 0.1) is 34.2 Å². The smallest absolute Gasteiger partial charge is 1.00 e. The number of aliphatic imine (C=N–C) groups is 2. The first-order valence-electron chi connectivity index (χ1n) is 14.7. The van der Waals surface area contributed by atoms with Gasteiger partial charge in [-0.05, 0) is 87.8 Å². The van der Waals surface area contributed by atoms with Crippen LogP contribution in [-0.2, 0) is 25.7 Å². The molecule has 1 radical (unpaired) electrons. The maximum Gasteiger partial charge on any atom is 3.00 e. The van der Waals surface area contributed by atoms with E-state index in [1.54, 1.807) is 0 Å². The fraction of sp³-hybridized carbons (Fsp3) is 0.457. The van der Waals surface area contributed by atoms with Crippen LogP contribution < -0.4 is 37.2 Å². The molecule has 1 heterocycles. The molecular weight excluding hydrogens is 748 g/mol. The average Bonchev–Trinajstić information content (AvgIpc) is 2.88. The Morgan fingerprint density at radius 3 is 1.12 bits per heavy atom. The van der Waals surface area contributed by atoms with Gasteiger partial charge in [-0.15, -0.1) is 0 Å². The summed E-state index contributed by atoms with van der Waals surface area (Å²) in [6, 6.07) is 13.0. The van der Waals surface area contributed by atoms with Crippen LogP contribution in [0.3, 0.4) is 0 Å². The average molecular weight is 795 g/mol. The minimum absolute atomic E-state index is 0. The Balaban J connectivity index is 0. The van der Waals surface area contributed by atoms with E-state index in [1.807, 2.05) is 26.0 Å². The van der Waals surface area contributed by atoms with Gasteiger partial charge in [0, 0.05) is 5.02 Å². The molecule has 0 saturated carbocycles. The van der Waals surface area contributed by atoms with Crippen LogP contribution >= 0.6 is 11.6 Å². The Kier molecular flexibility index (Phi) is 22.9. The monoisotopic (exact) mass is 790 g/mol. The van der Waals surface area contributed by atoms with Crippen molar-refractivity contribution in [1.29, 1.82) is 0 Å². The van der Waals surface area contributed by atoms with Crippen molar-refractivity contribution < 1.29 is 78.1 Å². The summed E-state index contributed by atoms with van der Waals surface area (Å²) in [4.78, 5) is 15.4. The number of rotatable bonds is 12. The molecule has 233 valence electrons. The van der Waals surface area contributed by atoms with Crippen molar-refractivity contribution in [3.05, 3.63) is 86.2 Å². The third-order valence-corrected chi connectivity index (χ3v) is 7.21. The minimum Gasteiger partial charge on any atom is -1.00 e. The van der Waals surface area contributed by atoms with Crippen molar-refractivity contribution in [2.24, 2.45) is 9.98 Å². The summed E-state index contributed by atoms with van der Waals surface area (Å²) in [5.74, 6) is 0. The van der Waals surface area contributed by atoms with Crippen LogP contribution in [0.25, 0.3) is 0 Å². The number of hydrogen-bond donors (Lipinski definition) is 0. The van der Waals surface area contributed by atoms with E-state index in [9.17, 15) is 0 Å². The standard InChI is InChI=1S/C35H46ClN3.3ClH.Nd/c1-9-13-27-17-23(5)18-28(14-10-2)34(27)37-25(7)32-21-31(36)22-33(39-32)26(8)38-35-29(15-11-3)19-24(6)20-30(35)16-12-4;;;;/h17-22H,9-16H2,1-8H3;3*1H;/q;;;;+3/p-3. The van der Waals surface area contributed by atoms with Gasteiger partial charge in [0.1, 0.15) is 0 Å². The van der Waals surface area contributed by atoms with Gasteiger partial charge in [0.2, 0.25) is 0 Å². The second-order valence-corrected chi connectivity index (χ2v) is 11.3. The molecule has 0 spiro atoms. The number of benzene rings is 2. The number of hydrogen-bond acceptors (Lipinski definition) is 3. The molecule has 0 aliphatic heterocycles. The quantitative estimate of drug-likeness (QED) is 0.256. The minimum atomic E-state index is 0. The molecule has 0 amide bonds. The summed E-state index contributed by atoms with van der Waals surface area (Å²) in [5, 5.41) is 0.650. The molecule has 0 N–H and O–H groups in total. The predicted molar refractivity (Wildman–Crippen MR) is 171 cm³/mol. The molecule has 8 heteroatoms. The summed E-state index contributed by atoms with van der Waals surface area (Å²) in [6.45, 7) is 17.3. The molecule has 0 unspecified atom stereocenters. The summed E-state index contributed by atoms with van der Waals surface area (Å²) in [6.07, 6.45) is 8.41. The molecule has 2 aromatic carbocycles. The van der Waals surface area contributed by atoms with Crippen LogP contribution in [0, 0.1) is 54.7 Å². The second kappa shape index (κ2) is 22.0. The van der Waals surface area contributed by atoms with Gasteiger partial charge in [0.25, 0.3) is 0 Å². The van der Waals surface area contributed by atoms with Gasteiger partial charge in [-0.3, -0.25) is 9.98 Å². The van der Waals surface area contributed by atoms with Crippen molar-refractivity contribution in [2.45, 2.75) is 107 Å². The zero-order valence-corrected chi connectivity index (χ0v) is 33.2. The van der Waals surface area contributed by atoms with Gasteiger partial charge >= 0.3 is 40.8 Å². The Morgan fingerprint density at radius 2 is 0.860 bits per heavy atom. The summed E-state index contributed by atoms with van der Waals surface area (Å²) >= 11 is 6.66. The topological polar surface area (TPSA) is 37.6 Å².